The van der Waals surface area contributed by atoms with Gasteiger partial charge >= 0.3 is 0 Å². The molecule has 0 aliphatic heterocycles. The average Bonchev–Trinajstić information content (AvgIpc) is 2.88. The molecule has 1 aromatic carbocycles. The first kappa shape index (κ1) is 15.7. The molecule has 122 valence electrons. The summed E-state index contributed by atoms with van der Waals surface area (Å²) in [5.74, 6) is 0.235. The lowest BCUT2D eigenvalue weighted by Crippen LogP contribution is -2.19. The van der Waals surface area contributed by atoms with Crippen LogP contribution in [0.25, 0.3) is 5.69 Å². The number of hydrogen-bond acceptors (Lipinski definition) is 4. The topological polar surface area (TPSA) is 87.0 Å². The predicted molar refractivity (Wildman–Crippen MR) is 88.9 cm³/mol. The molecule has 0 saturated carbocycles. The monoisotopic (exact) mass is 314 g/mol. The summed E-state index contributed by atoms with van der Waals surface area (Å²) in [6.07, 6.45) is 2.78. The van der Waals surface area contributed by atoms with Crippen LogP contribution in [0.4, 0.5) is 5.69 Å². The van der Waals surface area contributed by atoms with E-state index in [1.54, 1.807) is 16.8 Å². The van der Waals surface area contributed by atoms with Gasteiger partial charge in [-0.3, -0.25) is 10.1 Å². The van der Waals surface area contributed by atoms with Gasteiger partial charge in [0.25, 0.3) is 5.69 Å². The largest absolute Gasteiger partial charge is 0.324 e. The van der Waals surface area contributed by atoms with E-state index in [1.165, 1.54) is 0 Å². The van der Waals surface area contributed by atoms with Crippen molar-refractivity contribution in [2.45, 2.75) is 52.0 Å². The van der Waals surface area contributed by atoms with Crippen LogP contribution in [0.3, 0.4) is 0 Å². The van der Waals surface area contributed by atoms with E-state index in [0.717, 1.165) is 41.8 Å². The molecule has 0 saturated heterocycles. The lowest BCUT2D eigenvalue weighted by Gasteiger charge is -2.21. The summed E-state index contributed by atoms with van der Waals surface area (Å²) < 4.78 is 1.75. The van der Waals surface area contributed by atoms with Gasteiger partial charge in [0.2, 0.25) is 0 Å². The van der Waals surface area contributed by atoms with Gasteiger partial charge in [-0.05, 0) is 43.7 Å². The third kappa shape index (κ3) is 2.63. The molecule has 1 aromatic heterocycles. The third-order valence-electron chi connectivity index (χ3n) is 4.45. The molecule has 1 unspecified atom stereocenters. The zero-order chi connectivity index (χ0) is 16.7. The van der Waals surface area contributed by atoms with E-state index >= 15 is 0 Å². The Morgan fingerprint density at radius 2 is 2.17 bits per heavy atom. The Labute approximate surface area is 135 Å². The summed E-state index contributed by atoms with van der Waals surface area (Å²) in [7, 11) is 0. The highest BCUT2D eigenvalue weighted by molar-refractivity contribution is 5.55. The fourth-order valence-electron chi connectivity index (χ4n) is 3.35. The summed E-state index contributed by atoms with van der Waals surface area (Å²) in [6.45, 7) is 6.01. The van der Waals surface area contributed by atoms with Gasteiger partial charge in [-0.25, -0.2) is 4.68 Å². The van der Waals surface area contributed by atoms with Crippen LogP contribution >= 0.6 is 0 Å². The lowest BCUT2D eigenvalue weighted by molar-refractivity contribution is -0.384. The van der Waals surface area contributed by atoms with Crippen molar-refractivity contribution in [3.8, 4) is 5.69 Å². The van der Waals surface area contributed by atoms with Crippen molar-refractivity contribution in [1.82, 2.24) is 9.78 Å². The van der Waals surface area contributed by atoms with Gasteiger partial charge in [0.1, 0.15) is 5.69 Å². The highest BCUT2D eigenvalue weighted by atomic mass is 16.6. The Kier molecular flexibility index (Phi) is 3.93. The number of rotatable bonds is 3. The minimum Gasteiger partial charge on any atom is -0.324 e. The minimum atomic E-state index is -0.339. The Hall–Kier alpha value is -2.21. The Morgan fingerprint density at radius 1 is 1.43 bits per heavy atom. The van der Waals surface area contributed by atoms with Crippen molar-refractivity contribution in [3.05, 3.63) is 50.8 Å². The van der Waals surface area contributed by atoms with Crippen molar-refractivity contribution in [1.29, 1.82) is 0 Å². The normalized spacial score (nSPS) is 17.3. The van der Waals surface area contributed by atoms with Crippen molar-refractivity contribution < 1.29 is 4.92 Å². The molecule has 0 amide bonds. The zero-order valence-electron chi connectivity index (χ0n) is 13.7. The van der Waals surface area contributed by atoms with E-state index < -0.39 is 0 Å². The standard InChI is InChI=1S/C17H22N4O2/c1-10(2)17-16-12(18)5-4-6-14(16)20(19-17)13-8-7-11(3)9-15(13)21(22)23/h7-10,12H,4-6,18H2,1-3H3. The van der Waals surface area contributed by atoms with Gasteiger partial charge in [-0.1, -0.05) is 19.9 Å². The molecule has 3 rings (SSSR count). The molecule has 0 spiro atoms. The van der Waals surface area contributed by atoms with Crippen LogP contribution < -0.4 is 5.73 Å². The highest BCUT2D eigenvalue weighted by Gasteiger charge is 2.30. The van der Waals surface area contributed by atoms with Crippen LogP contribution in [0.5, 0.6) is 0 Å². The van der Waals surface area contributed by atoms with Crippen molar-refractivity contribution in [2.75, 3.05) is 0 Å². The number of nitrogens with zero attached hydrogens (tertiary/aromatic N) is 3. The molecule has 1 aliphatic carbocycles. The summed E-state index contributed by atoms with van der Waals surface area (Å²) in [6, 6.07) is 5.23. The number of nitrogens with two attached hydrogens (primary N) is 1. The zero-order valence-corrected chi connectivity index (χ0v) is 13.7. The number of aryl methyl sites for hydroxylation is 1. The number of aromatic nitrogens is 2. The molecule has 6 nitrogen and oxygen atoms in total. The number of nitro groups is 1. The van der Waals surface area contributed by atoms with Crippen LogP contribution in [-0.2, 0) is 6.42 Å². The van der Waals surface area contributed by atoms with Crippen LogP contribution in [0, 0.1) is 17.0 Å². The SMILES string of the molecule is Cc1ccc(-n2nc(C(C)C)c3c2CCCC3N)c([N+](=O)[O-])c1. The van der Waals surface area contributed by atoms with Gasteiger partial charge in [-0.2, -0.15) is 5.10 Å². The molecule has 2 aromatic rings. The van der Waals surface area contributed by atoms with Crippen LogP contribution in [0.2, 0.25) is 0 Å². The Balaban J connectivity index is 2.26. The maximum absolute atomic E-state index is 11.5. The van der Waals surface area contributed by atoms with E-state index in [-0.39, 0.29) is 22.6 Å². The second kappa shape index (κ2) is 5.77. The fraction of sp³-hybridized carbons (Fsp3) is 0.471. The molecule has 1 atom stereocenters. The summed E-state index contributed by atoms with van der Waals surface area (Å²) in [5, 5.41) is 16.2. The Morgan fingerprint density at radius 3 is 2.83 bits per heavy atom. The van der Waals surface area contributed by atoms with E-state index in [1.807, 2.05) is 13.0 Å². The number of fused-ring (bicyclic) bond motifs is 1. The first-order chi connectivity index (χ1) is 10.9. The summed E-state index contributed by atoms with van der Waals surface area (Å²) >= 11 is 0. The van der Waals surface area contributed by atoms with Crippen LogP contribution in [0.1, 0.15) is 61.2 Å². The van der Waals surface area contributed by atoms with Crippen LogP contribution in [0.15, 0.2) is 18.2 Å². The first-order valence-electron chi connectivity index (χ1n) is 8.02. The van der Waals surface area contributed by atoms with E-state index in [0.29, 0.717) is 5.69 Å². The van der Waals surface area contributed by atoms with Crippen molar-refractivity contribution in [3.63, 3.8) is 0 Å². The number of benzene rings is 1. The summed E-state index contributed by atoms with van der Waals surface area (Å²) in [5.41, 5.74) is 10.9. The second-order valence-corrected chi connectivity index (χ2v) is 6.56. The minimum absolute atomic E-state index is 0.0330. The summed E-state index contributed by atoms with van der Waals surface area (Å²) in [4.78, 5) is 11.1. The third-order valence-corrected chi connectivity index (χ3v) is 4.45. The molecule has 0 fully saturated rings. The van der Waals surface area contributed by atoms with E-state index in [9.17, 15) is 10.1 Å². The quantitative estimate of drug-likeness (QED) is 0.693. The van der Waals surface area contributed by atoms with Crippen molar-refractivity contribution >= 4 is 5.69 Å². The maximum Gasteiger partial charge on any atom is 0.295 e. The average molecular weight is 314 g/mol. The molecule has 1 aliphatic rings. The molecular weight excluding hydrogens is 292 g/mol. The predicted octanol–water partition coefficient (Wildman–Crippen LogP) is 3.55. The smallest absolute Gasteiger partial charge is 0.295 e. The van der Waals surface area contributed by atoms with Gasteiger partial charge in [0.05, 0.1) is 10.6 Å². The van der Waals surface area contributed by atoms with Gasteiger partial charge < -0.3 is 5.73 Å². The van der Waals surface area contributed by atoms with E-state index in [2.05, 4.69) is 13.8 Å². The molecule has 2 N–H and O–H groups in total. The highest BCUT2D eigenvalue weighted by Crippen LogP contribution is 2.37. The number of hydrogen-bond donors (Lipinski definition) is 1. The first-order valence-corrected chi connectivity index (χ1v) is 8.02. The van der Waals surface area contributed by atoms with E-state index in [4.69, 9.17) is 10.8 Å². The fourth-order valence-corrected chi connectivity index (χ4v) is 3.35. The molecule has 0 bridgehead atoms. The van der Waals surface area contributed by atoms with Crippen molar-refractivity contribution in [2.24, 2.45) is 5.73 Å². The molecular formula is C17H22N4O2. The van der Waals surface area contributed by atoms with Gasteiger partial charge in [0.15, 0.2) is 0 Å². The number of nitro benzene ring substituents is 1. The Bertz CT molecular complexity index is 764. The maximum atomic E-state index is 11.5. The molecule has 6 heteroatoms. The lowest BCUT2D eigenvalue weighted by atomic mass is 9.89. The molecule has 0 radical (unpaired) electrons. The second-order valence-electron chi connectivity index (χ2n) is 6.56. The van der Waals surface area contributed by atoms with Gasteiger partial charge in [0, 0.05) is 23.4 Å². The van der Waals surface area contributed by atoms with Crippen LogP contribution in [-0.4, -0.2) is 14.7 Å². The molecule has 23 heavy (non-hydrogen) atoms. The molecule has 1 heterocycles. The van der Waals surface area contributed by atoms with Gasteiger partial charge in [-0.15, -0.1) is 0 Å².